The summed E-state index contributed by atoms with van der Waals surface area (Å²) in [5.74, 6) is 1.56. The smallest absolute Gasteiger partial charge is 0.194 e. The van der Waals surface area contributed by atoms with Gasteiger partial charge in [0.2, 0.25) is 0 Å². The molecular weight excluding hydrogens is 242 g/mol. The van der Waals surface area contributed by atoms with Gasteiger partial charge in [0.25, 0.3) is 0 Å². The van der Waals surface area contributed by atoms with E-state index in [1.54, 1.807) is 6.26 Å². The van der Waals surface area contributed by atoms with E-state index in [9.17, 15) is 8.42 Å². The first-order valence-corrected chi connectivity index (χ1v) is 7.66. The second-order valence-corrected chi connectivity index (χ2v) is 6.81. The Morgan fingerprint density at radius 3 is 2.76 bits per heavy atom. The fraction of sp³-hybridized carbons (Fsp3) is 0.727. The average Bonchev–Trinajstić information content (AvgIpc) is 2.70. The molecule has 17 heavy (non-hydrogen) atoms. The van der Waals surface area contributed by atoms with Gasteiger partial charge in [-0.2, -0.15) is 0 Å². The van der Waals surface area contributed by atoms with Crippen LogP contribution in [0, 0.1) is 5.92 Å². The van der Waals surface area contributed by atoms with E-state index in [2.05, 4.69) is 4.98 Å². The van der Waals surface area contributed by atoms with Crippen LogP contribution in [0.1, 0.15) is 24.4 Å². The average molecular weight is 259 g/mol. The van der Waals surface area contributed by atoms with Crippen LogP contribution in [-0.2, 0) is 22.7 Å². The van der Waals surface area contributed by atoms with Crippen LogP contribution in [0.3, 0.4) is 0 Å². The maximum Gasteiger partial charge on any atom is 0.194 e. The van der Waals surface area contributed by atoms with Crippen molar-refractivity contribution in [3.8, 4) is 0 Å². The molecule has 0 aliphatic carbocycles. The first-order valence-electron chi connectivity index (χ1n) is 5.83. The van der Waals surface area contributed by atoms with Gasteiger partial charge in [-0.05, 0) is 18.8 Å². The minimum Gasteiger partial charge on any atom is -0.449 e. The lowest BCUT2D eigenvalue weighted by atomic mass is 9.99. The molecular formula is C11H17NO4S. The molecule has 6 heteroatoms. The van der Waals surface area contributed by atoms with Crippen molar-refractivity contribution in [2.45, 2.75) is 25.7 Å². The number of nitrogens with zero attached hydrogens (tertiary/aromatic N) is 1. The van der Waals surface area contributed by atoms with Gasteiger partial charge in [-0.1, -0.05) is 0 Å². The summed E-state index contributed by atoms with van der Waals surface area (Å²) in [5.41, 5.74) is 0.755. The van der Waals surface area contributed by atoms with Gasteiger partial charge in [0.15, 0.2) is 5.89 Å². The molecule has 0 spiro atoms. The highest BCUT2D eigenvalue weighted by atomic mass is 32.2. The molecule has 1 aliphatic heterocycles. The summed E-state index contributed by atoms with van der Waals surface area (Å²) in [6, 6.07) is 0. The Morgan fingerprint density at radius 1 is 1.41 bits per heavy atom. The number of oxazole rings is 1. The lowest BCUT2D eigenvalue weighted by molar-refractivity contribution is 0.298. The quantitative estimate of drug-likeness (QED) is 0.855. The van der Waals surface area contributed by atoms with E-state index in [-0.39, 0.29) is 18.1 Å². The zero-order valence-corrected chi connectivity index (χ0v) is 10.4. The topological polar surface area (TPSA) is 80.4 Å². The van der Waals surface area contributed by atoms with Crippen LogP contribution in [0.15, 0.2) is 10.7 Å². The van der Waals surface area contributed by atoms with Crippen molar-refractivity contribution in [1.29, 1.82) is 0 Å². The molecule has 0 radical (unpaired) electrons. The Hall–Kier alpha value is -0.880. The Bertz CT molecular complexity index is 452. The normalized spacial score (nSPS) is 20.5. The molecule has 0 amide bonds. The van der Waals surface area contributed by atoms with Crippen LogP contribution in [0.4, 0.5) is 0 Å². The fourth-order valence-corrected chi connectivity index (χ4v) is 3.65. The Morgan fingerprint density at radius 2 is 2.12 bits per heavy atom. The minimum atomic E-state index is -2.80. The predicted octanol–water partition coefficient (Wildman–Crippen LogP) is 0.577. The summed E-state index contributed by atoms with van der Waals surface area (Å²) in [7, 11) is -2.80. The van der Waals surface area contributed by atoms with Crippen molar-refractivity contribution in [3.05, 3.63) is 17.8 Å². The standard InChI is InChI=1S/C11H17NO4S/c13-4-1-10-8-16-11(12-10)7-9-2-5-17(14,15)6-3-9/h8-9,13H,1-7H2. The Kier molecular flexibility index (Phi) is 3.83. The maximum atomic E-state index is 11.3. The highest BCUT2D eigenvalue weighted by Crippen LogP contribution is 2.22. The minimum absolute atomic E-state index is 0.0631. The molecule has 0 bridgehead atoms. The van der Waals surface area contributed by atoms with E-state index >= 15 is 0 Å². The van der Waals surface area contributed by atoms with Crippen LogP contribution >= 0.6 is 0 Å². The molecule has 0 aromatic carbocycles. The highest BCUT2D eigenvalue weighted by molar-refractivity contribution is 7.91. The molecule has 1 aromatic rings. The molecule has 5 nitrogen and oxygen atoms in total. The van der Waals surface area contributed by atoms with Crippen LogP contribution in [0.2, 0.25) is 0 Å². The number of aliphatic hydroxyl groups excluding tert-OH is 1. The molecule has 2 rings (SSSR count). The lowest BCUT2D eigenvalue weighted by Gasteiger charge is -2.20. The first-order chi connectivity index (χ1) is 8.09. The van der Waals surface area contributed by atoms with Gasteiger partial charge in [-0.15, -0.1) is 0 Å². The summed E-state index contributed by atoms with van der Waals surface area (Å²) in [4.78, 5) is 4.25. The molecule has 96 valence electrons. The van der Waals surface area contributed by atoms with Crippen molar-refractivity contribution in [3.63, 3.8) is 0 Å². The molecule has 2 heterocycles. The molecule has 1 aliphatic rings. The first kappa shape index (κ1) is 12.6. The summed E-state index contributed by atoms with van der Waals surface area (Å²) >= 11 is 0. The van der Waals surface area contributed by atoms with Crippen molar-refractivity contribution < 1.29 is 17.9 Å². The van der Waals surface area contributed by atoms with Gasteiger partial charge in [0.1, 0.15) is 16.1 Å². The number of sulfone groups is 1. The van der Waals surface area contributed by atoms with Crippen molar-refractivity contribution in [2.75, 3.05) is 18.1 Å². The van der Waals surface area contributed by atoms with E-state index in [0.29, 0.717) is 37.5 Å². The lowest BCUT2D eigenvalue weighted by Crippen LogP contribution is -2.24. The molecule has 1 saturated heterocycles. The third kappa shape index (κ3) is 3.54. The number of aliphatic hydroxyl groups is 1. The van der Waals surface area contributed by atoms with Crippen molar-refractivity contribution >= 4 is 9.84 Å². The third-order valence-electron chi connectivity index (χ3n) is 3.10. The molecule has 1 N–H and O–H groups in total. The largest absolute Gasteiger partial charge is 0.449 e. The Balaban J connectivity index is 1.88. The highest BCUT2D eigenvalue weighted by Gasteiger charge is 2.24. The zero-order chi connectivity index (χ0) is 12.3. The van der Waals surface area contributed by atoms with Crippen LogP contribution in [-0.4, -0.2) is 36.6 Å². The van der Waals surface area contributed by atoms with Crippen LogP contribution in [0.25, 0.3) is 0 Å². The second kappa shape index (κ2) is 5.18. The third-order valence-corrected chi connectivity index (χ3v) is 4.82. The van der Waals surface area contributed by atoms with Gasteiger partial charge < -0.3 is 9.52 Å². The molecule has 0 unspecified atom stereocenters. The van der Waals surface area contributed by atoms with Gasteiger partial charge in [0.05, 0.1) is 17.2 Å². The van der Waals surface area contributed by atoms with Gasteiger partial charge in [-0.3, -0.25) is 0 Å². The van der Waals surface area contributed by atoms with Gasteiger partial charge in [0, 0.05) is 19.4 Å². The van der Waals surface area contributed by atoms with E-state index < -0.39 is 9.84 Å². The Labute approximate surface area is 101 Å². The fourth-order valence-electron chi connectivity index (χ4n) is 2.06. The number of rotatable bonds is 4. The van der Waals surface area contributed by atoms with Crippen molar-refractivity contribution in [1.82, 2.24) is 4.98 Å². The number of hydrogen-bond acceptors (Lipinski definition) is 5. The zero-order valence-electron chi connectivity index (χ0n) is 9.63. The molecule has 1 aromatic heterocycles. The predicted molar refractivity (Wildman–Crippen MR) is 62.4 cm³/mol. The van der Waals surface area contributed by atoms with E-state index in [0.717, 1.165) is 5.69 Å². The molecule has 1 fully saturated rings. The van der Waals surface area contributed by atoms with Gasteiger partial charge >= 0.3 is 0 Å². The van der Waals surface area contributed by atoms with Crippen molar-refractivity contribution in [2.24, 2.45) is 5.92 Å². The van der Waals surface area contributed by atoms with Crippen LogP contribution in [0.5, 0.6) is 0 Å². The van der Waals surface area contributed by atoms with Gasteiger partial charge in [-0.25, -0.2) is 13.4 Å². The second-order valence-electron chi connectivity index (χ2n) is 4.51. The van der Waals surface area contributed by atoms with E-state index in [4.69, 9.17) is 9.52 Å². The monoisotopic (exact) mass is 259 g/mol. The summed E-state index contributed by atoms with van der Waals surface area (Å²) in [5, 5.41) is 8.76. The van der Waals surface area contributed by atoms with Crippen LogP contribution < -0.4 is 0 Å². The molecule has 0 saturated carbocycles. The maximum absolute atomic E-state index is 11.3. The van der Waals surface area contributed by atoms with E-state index in [1.807, 2.05) is 0 Å². The summed E-state index contributed by atoms with van der Waals surface area (Å²) in [6.07, 6.45) is 4.15. The van der Waals surface area contributed by atoms with E-state index in [1.165, 1.54) is 0 Å². The summed E-state index contributed by atoms with van der Waals surface area (Å²) < 4.78 is 27.8. The number of hydrogen-bond donors (Lipinski definition) is 1. The molecule has 0 atom stereocenters. The SMILES string of the molecule is O=S1(=O)CCC(Cc2nc(CCO)co2)CC1. The summed E-state index contributed by atoms with van der Waals surface area (Å²) in [6.45, 7) is 0.0631. The number of aromatic nitrogens is 1.